The highest BCUT2D eigenvalue weighted by Gasteiger charge is 2.36. The average Bonchev–Trinajstić information content (AvgIpc) is 2.62. The highest BCUT2D eigenvalue weighted by Crippen LogP contribution is 2.22. The lowest BCUT2D eigenvalue weighted by Gasteiger charge is -2.16. The SMILES string of the molecule is COc1ccc(O[C@@H]2OC[C@@H](O)[C@H]2O)cc1. The molecule has 0 amide bonds. The van der Waals surface area contributed by atoms with Crippen molar-refractivity contribution < 1.29 is 24.4 Å². The molecule has 2 N–H and O–H groups in total. The van der Waals surface area contributed by atoms with Crippen molar-refractivity contribution in [3.63, 3.8) is 0 Å². The van der Waals surface area contributed by atoms with Crippen molar-refractivity contribution in [2.45, 2.75) is 18.5 Å². The van der Waals surface area contributed by atoms with Crippen LogP contribution in [0.1, 0.15) is 0 Å². The molecular formula is C11H14O5. The summed E-state index contributed by atoms with van der Waals surface area (Å²) in [6.45, 7) is 0.0853. The summed E-state index contributed by atoms with van der Waals surface area (Å²) in [4.78, 5) is 0. The van der Waals surface area contributed by atoms with Crippen molar-refractivity contribution in [2.75, 3.05) is 13.7 Å². The predicted octanol–water partition coefficient (Wildman–Crippen LogP) is 0.152. The first-order valence-electron chi connectivity index (χ1n) is 4.99. The van der Waals surface area contributed by atoms with Gasteiger partial charge in [-0.25, -0.2) is 0 Å². The van der Waals surface area contributed by atoms with Crippen molar-refractivity contribution in [3.05, 3.63) is 24.3 Å². The molecule has 1 aromatic rings. The van der Waals surface area contributed by atoms with Gasteiger partial charge in [0, 0.05) is 0 Å². The minimum atomic E-state index is -1.01. The first-order valence-corrected chi connectivity index (χ1v) is 4.99. The summed E-state index contributed by atoms with van der Waals surface area (Å²) < 4.78 is 15.5. The molecule has 0 radical (unpaired) electrons. The third-order valence-electron chi connectivity index (χ3n) is 2.42. The summed E-state index contributed by atoms with van der Waals surface area (Å²) in [5.41, 5.74) is 0. The molecule has 1 heterocycles. The van der Waals surface area contributed by atoms with Gasteiger partial charge >= 0.3 is 0 Å². The summed E-state index contributed by atoms with van der Waals surface area (Å²) in [5.74, 6) is 1.28. The molecule has 1 aliphatic rings. The summed E-state index contributed by atoms with van der Waals surface area (Å²) >= 11 is 0. The van der Waals surface area contributed by atoms with Gasteiger partial charge in [0.2, 0.25) is 6.29 Å². The Kier molecular flexibility index (Phi) is 3.28. The third-order valence-corrected chi connectivity index (χ3v) is 2.42. The molecule has 5 heteroatoms. The number of ether oxygens (including phenoxy) is 3. The fourth-order valence-corrected chi connectivity index (χ4v) is 1.46. The molecule has 0 aliphatic carbocycles. The topological polar surface area (TPSA) is 68.2 Å². The van der Waals surface area contributed by atoms with Gasteiger partial charge in [0.05, 0.1) is 13.7 Å². The molecule has 88 valence electrons. The molecule has 0 saturated carbocycles. The van der Waals surface area contributed by atoms with E-state index in [1.165, 1.54) is 0 Å². The maximum absolute atomic E-state index is 9.49. The number of benzene rings is 1. The van der Waals surface area contributed by atoms with Crippen molar-refractivity contribution in [1.29, 1.82) is 0 Å². The molecule has 0 bridgehead atoms. The first kappa shape index (κ1) is 11.2. The van der Waals surface area contributed by atoms with Gasteiger partial charge in [-0.15, -0.1) is 0 Å². The molecule has 3 atom stereocenters. The molecule has 0 aromatic heterocycles. The highest BCUT2D eigenvalue weighted by molar-refractivity contribution is 5.31. The number of hydrogen-bond donors (Lipinski definition) is 2. The lowest BCUT2D eigenvalue weighted by Crippen LogP contribution is -2.33. The predicted molar refractivity (Wildman–Crippen MR) is 55.4 cm³/mol. The third kappa shape index (κ3) is 2.27. The van der Waals surface area contributed by atoms with Crippen LogP contribution in [0.4, 0.5) is 0 Å². The summed E-state index contributed by atoms with van der Waals surface area (Å²) in [5, 5.41) is 18.7. The van der Waals surface area contributed by atoms with Crippen LogP contribution < -0.4 is 9.47 Å². The molecule has 1 aromatic carbocycles. The van der Waals surface area contributed by atoms with Crippen LogP contribution in [-0.2, 0) is 4.74 Å². The van der Waals surface area contributed by atoms with Crippen LogP contribution in [0.2, 0.25) is 0 Å². The molecule has 2 rings (SSSR count). The van der Waals surface area contributed by atoms with Crippen LogP contribution in [-0.4, -0.2) is 42.4 Å². The lowest BCUT2D eigenvalue weighted by molar-refractivity contribution is -0.0934. The Bertz CT molecular complexity index is 337. The van der Waals surface area contributed by atoms with Gasteiger partial charge in [-0.05, 0) is 24.3 Å². The zero-order valence-electron chi connectivity index (χ0n) is 8.87. The van der Waals surface area contributed by atoms with Gasteiger partial charge in [-0.3, -0.25) is 0 Å². The summed E-state index contributed by atoms with van der Waals surface area (Å²) in [7, 11) is 1.58. The van der Waals surface area contributed by atoms with Crippen LogP contribution in [0.5, 0.6) is 11.5 Å². The lowest BCUT2D eigenvalue weighted by atomic mass is 10.2. The van der Waals surface area contributed by atoms with Crippen LogP contribution in [0, 0.1) is 0 Å². The van der Waals surface area contributed by atoms with Gasteiger partial charge in [0.1, 0.15) is 23.7 Å². The van der Waals surface area contributed by atoms with Crippen molar-refractivity contribution >= 4 is 0 Å². The maximum Gasteiger partial charge on any atom is 0.228 e. The summed E-state index contributed by atoms with van der Waals surface area (Å²) in [6, 6.07) is 6.90. The molecule has 0 spiro atoms. The van der Waals surface area contributed by atoms with Gasteiger partial charge in [-0.2, -0.15) is 0 Å². The molecule has 5 nitrogen and oxygen atoms in total. The monoisotopic (exact) mass is 226 g/mol. The highest BCUT2D eigenvalue weighted by atomic mass is 16.7. The largest absolute Gasteiger partial charge is 0.497 e. The second-order valence-electron chi connectivity index (χ2n) is 3.55. The Morgan fingerprint density at radius 2 is 1.81 bits per heavy atom. The van der Waals surface area contributed by atoms with E-state index in [1.54, 1.807) is 31.4 Å². The summed E-state index contributed by atoms with van der Waals surface area (Å²) in [6.07, 6.45) is -2.71. The minimum Gasteiger partial charge on any atom is -0.497 e. The number of aliphatic hydroxyl groups excluding tert-OH is 2. The number of methoxy groups -OCH3 is 1. The molecule has 16 heavy (non-hydrogen) atoms. The number of rotatable bonds is 3. The van der Waals surface area contributed by atoms with Crippen molar-refractivity contribution in [1.82, 2.24) is 0 Å². The van der Waals surface area contributed by atoms with E-state index in [4.69, 9.17) is 14.2 Å². The second-order valence-corrected chi connectivity index (χ2v) is 3.55. The van der Waals surface area contributed by atoms with E-state index >= 15 is 0 Å². The van der Waals surface area contributed by atoms with E-state index in [1.807, 2.05) is 0 Å². The molecule has 1 aliphatic heterocycles. The second kappa shape index (κ2) is 4.69. The Morgan fingerprint density at radius 1 is 1.19 bits per heavy atom. The molecule has 0 unspecified atom stereocenters. The zero-order valence-corrected chi connectivity index (χ0v) is 8.87. The number of aliphatic hydroxyl groups is 2. The molecule has 1 saturated heterocycles. The zero-order chi connectivity index (χ0) is 11.5. The minimum absolute atomic E-state index is 0.0853. The first-order chi connectivity index (χ1) is 7.70. The Balaban J connectivity index is 1.98. The van der Waals surface area contributed by atoms with Gasteiger partial charge in [0.15, 0.2) is 0 Å². The normalized spacial score (nSPS) is 29.1. The van der Waals surface area contributed by atoms with E-state index in [0.29, 0.717) is 5.75 Å². The molecular weight excluding hydrogens is 212 g/mol. The van der Waals surface area contributed by atoms with Crippen LogP contribution in [0.15, 0.2) is 24.3 Å². The van der Waals surface area contributed by atoms with Gasteiger partial charge in [-0.1, -0.05) is 0 Å². The smallest absolute Gasteiger partial charge is 0.228 e. The van der Waals surface area contributed by atoms with E-state index in [9.17, 15) is 10.2 Å². The van der Waals surface area contributed by atoms with Crippen LogP contribution >= 0.6 is 0 Å². The van der Waals surface area contributed by atoms with Crippen LogP contribution in [0.25, 0.3) is 0 Å². The van der Waals surface area contributed by atoms with E-state index in [0.717, 1.165) is 5.75 Å². The van der Waals surface area contributed by atoms with E-state index in [2.05, 4.69) is 0 Å². The fraction of sp³-hybridized carbons (Fsp3) is 0.455. The Morgan fingerprint density at radius 3 is 2.31 bits per heavy atom. The Labute approximate surface area is 93.2 Å². The average molecular weight is 226 g/mol. The van der Waals surface area contributed by atoms with Crippen molar-refractivity contribution in [3.8, 4) is 11.5 Å². The molecule has 1 fully saturated rings. The maximum atomic E-state index is 9.49. The number of hydrogen-bond acceptors (Lipinski definition) is 5. The quantitative estimate of drug-likeness (QED) is 0.768. The standard InChI is InChI=1S/C11H14O5/c1-14-7-2-4-8(5-3-7)16-11-10(13)9(12)6-15-11/h2-5,9-13H,6H2,1H3/t9-,10-,11+/m1/s1. The van der Waals surface area contributed by atoms with E-state index in [-0.39, 0.29) is 6.61 Å². The van der Waals surface area contributed by atoms with Crippen molar-refractivity contribution in [2.24, 2.45) is 0 Å². The van der Waals surface area contributed by atoms with Gasteiger partial charge in [0.25, 0.3) is 0 Å². The van der Waals surface area contributed by atoms with Gasteiger partial charge < -0.3 is 24.4 Å². The van der Waals surface area contributed by atoms with Crippen LogP contribution in [0.3, 0.4) is 0 Å². The van der Waals surface area contributed by atoms with E-state index < -0.39 is 18.5 Å². The Hall–Kier alpha value is -1.30. The fourth-order valence-electron chi connectivity index (χ4n) is 1.46.